The summed E-state index contributed by atoms with van der Waals surface area (Å²) in [6.07, 6.45) is -3.52. The number of alkyl halides is 3. The number of hydrogen-bond donors (Lipinski definition) is 1. The summed E-state index contributed by atoms with van der Waals surface area (Å²) in [5.41, 5.74) is 2.87. The van der Waals surface area contributed by atoms with Crippen LogP contribution in [0.3, 0.4) is 0 Å². The summed E-state index contributed by atoms with van der Waals surface area (Å²) in [5.74, 6) is 1.50. The third-order valence-electron chi connectivity index (χ3n) is 6.70. The lowest BCUT2D eigenvalue weighted by atomic mass is 10.1. The molecule has 4 heterocycles. The van der Waals surface area contributed by atoms with Crippen LogP contribution < -0.4 is 14.7 Å². The molecule has 2 aliphatic heterocycles. The Morgan fingerprint density at radius 3 is 2.40 bits per heavy atom. The van der Waals surface area contributed by atoms with Gasteiger partial charge in [0.05, 0.1) is 16.6 Å². The lowest BCUT2D eigenvalue weighted by molar-refractivity contribution is -0.137. The molecule has 6 rings (SSSR count). The Bertz CT molecular complexity index is 1340. The molecule has 1 saturated heterocycles. The van der Waals surface area contributed by atoms with Crippen molar-refractivity contribution in [1.82, 2.24) is 20.2 Å². The van der Waals surface area contributed by atoms with Gasteiger partial charge in [-0.25, -0.2) is 0 Å². The summed E-state index contributed by atoms with van der Waals surface area (Å²) < 4.78 is 39.4. The topological polar surface area (TPSA) is 64.2 Å². The van der Waals surface area contributed by atoms with Gasteiger partial charge < -0.3 is 14.7 Å². The zero-order valence-corrected chi connectivity index (χ0v) is 19.0. The van der Waals surface area contributed by atoms with E-state index in [1.807, 2.05) is 23.1 Å². The Labute approximate surface area is 200 Å². The van der Waals surface area contributed by atoms with E-state index in [1.54, 1.807) is 6.07 Å². The molecule has 1 fully saturated rings. The van der Waals surface area contributed by atoms with Gasteiger partial charge in [-0.1, -0.05) is 36.4 Å². The van der Waals surface area contributed by atoms with Crippen LogP contribution in [0.15, 0.2) is 54.6 Å². The number of halogens is 3. The molecule has 0 atom stereocenters. The van der Waals surface area contributed by atoms with E-state index in [1.165, 1.54) is 17.7 Å². The van der Waals surface area contributed by atoms with Gasteiger partial charge in [-0.2, -0.15) is 28.2 Å². The second-order valence-corrected chi connectivity index (χ2v) is 8.92. The Hall–Kier alpha value is -3.82. The Morgan fingerprint density at radius 2 is 1.63 bits per heavy atom. The molecule has 0 spiro atoms. The number of aromatic amines is 1. The largest absolute Gasteiger partial charge is 0.416 e. The molecule has 35 heavy (non-hydrogen) atoms. The number of H-pyrrole nitrogens is 1. The van der Waals surface area contributed by atoms with Crippen molar-refractivity contribution in [2.75, 3.05) is 47.4 Å². The Kier molecular flexibility index (Phi) is 5.23. The van der Waals surface area contributed by atoms with Gasteiger partial charge in [0.15, 0.2) is 5.65 Å². The average molecular weight is 480 g/mol. The van der Waals surface area contributed by atoms with Crippen LogP contribution in [-0.4, -0.2) is 52.9 Å². The van der Waals surface area contributed by atoms with Gasteiger partial charge in [0.25, 0.3) is 0 Å². The smallest absolute Gasteiger partial charge is 0.368 e. The maximum Gasteiger partial charge on any atom is 0.416 e. The van der Waals surface area contributed by atoms with Crippen LogP contribution in [0.25, 0.3) is 11.0 Å². The monoisotopic (exact) mass is 479 g/mol. The summed E-state index contributed by atoms with van der Waals surface area (Å²) in [5, 5.41) is 8.50. The highest BCUT2D eigenvalue weighted by Crippen LogP contribution is 2.34. The van der Waals surface area contributed by atoms with Gasteiger partial charge in [-0.3, -0.25) is 5.10 Å². The molecule has 0 saturated carbocycles. The van der Waals surface area contributed by atoms with E-state index in [0.29, 0.717) is 37.8 Å². The number of nitrogens with zero attached hydrogens (tertiary/aromatic N) is 6. The Balaban J connectivity index is 1.24. The minimum absolute atomic E-state index is 0.582. The summed E-state index contributed by atoms with van der Waals surface area (Å²) in [7, 11) is 0. The summed E-state index contributed by atoms with van der Waals surface area (Å²) in [6, 6.07) is 15.8. The van der Waals surface area contributed by atoms with Crippen molar-refractivity contribution in [3.05, 3.63) is 71.4 Å². The summed E-state index contributed by atoms with van der Waals surface area (Å²) in [4.78, 5) is 16.1. The molecule has 0 unspecified atom stereocenters. The molecule has 0 amide bonds. The minimum atomic E-state index is -4.35. The number of hydrogen-bond acceptors (Lipinski definition) is 6. The number of rotatable bonds is 4. The van der Waals surface area contributed by atoms with E-state index >= 15 is 0 Å². The second kappa shape index (κ2) is 8.44. The standard InChI is InChI=1S/C25H24F3N7/c26-25(27,28)18-7-4-8-19(15-18)33-11-13-34(14-12-33)24-29-22-21-20(31-32-22)9-10-35(23(21)30-24)16-17-5-2-1-3-6-17/h1-8,15H,9-14,16H2,(H,29,30,31,32). The summed E-state index contributed by atoms with van der Waals surface area (Å²) in [6.45, 7) is 3.96. The van der Waals surface area contributed by atoms with Crippen LogP contribution in [-0.2, 0) is 19.1 Å². The molecule has 2 aliphatic rings. The van der Waals surface area contributed by atoms with E-state index < -0.39 is 11.7 Å². The highest BCUT2D eigenvalue weighted by atomic mass is 19.4. The molecule has 4 aromatic rings. The van der Waals surface area contributed by atoms with Crippen LogP contribution in [0.4, 0.5) is 30.6 Å². The highest BCUT2D eigenvalue weighted by molar-refractivity contribution is 5.91. The van der Waals surface area contributed by atoms with Crippen LogP contribution in [0, 0.1) is 0 Å². The number of anilines is 3. The molecule has 10 heteroatoms. The fourth-order valence-corrected chi connectivity index (χ4v) is 4.86. The van der Waals surface area contributed by atoms with Gasteiger partial charge in [-0.05, 0) is 23.8 Å². The van der Waals surface area contributed by atoms with Crippen LogP contribution in [0.2, 0.25) is 0 Å². The highest BCUT2D eigenvalue weighted by Gasteiger charge is 2.31. The predicted octanol–water partition coefficient (Wildman–Crippen LogP) is 4.26. The summed E-state index contributed by atoms with van der Waals surface area (Å²) >= 11 is 0. The maximum absolute atomic E-state index is 13.1. The van der Waals surface area contributed by atoms with Crippen LogP contribution >= 0.6 is 0 Å². The van der Waals surface area contributed by atoms with Gasteiger partial charge >= 0.3 is 6.18 Å². The SMILES string of the molecule is FC(F)(F)c1cccc(N2CCN(c3nc4c5c(n[nH]c5n3)CCN4Cc3ccccc3)CC2)c1. The van der Waals surface area contributed by atoms with E-state index in [-0.39, 0.29) is 0 Å². The number of benzene rings is 2. The lowest BCUT2D eigenvalue weighted by Gasteiger charge is -2.37. The van der Waals surface area contributed by atoms with Crippen molar-refractivity contribution < 1.29 is 13.2 Å². The van der Waals surface area contributed by atoms with Crippen molar-refractivity contribution in [1.29, 1.82) is 0 Å². The molecule has 0 aliphatic carbocycles. The van der Waals surface area contributed by atoms with E-state index in [4.69, 9.17) is 9.97 Å². The zero-order valence-electron chi connectivity index (χ0n) is 19.0. The van der Waals surface area contributed by atoms with Crippen LogP contribution in [0.5, 0.6) is 0 Å². The first-order chi connectivity index (χ1) is 17.0. The van der Waals surface area contributed by atoms with E-state index in [0.717, 1.165) is 48.1 Å². The third-order valence-corrected chi connectivity index (χ3v) is 6.70. The van der Waals surface area contributed by atoms with E-state index in [2.05, 4.69) is 32.1 Å². The fourth-order valence-electron chi connectivity index (χ4n) is 4.86. The molecule has 2 aromatic heterocycles. The fraction of sp³-hybridized carbons (Fsp3) is 0.320. The quantitative estimate of drug-likeness (QED) is 0.472. The van der Waals surface area contributed by atoms with Crippen molar-refractivity contribution in [2.45, 2.75) is 19.1 Å². The van der Waals surface area contributed by atoms with E-state index in [9.17, 15) is 13.2 Å². The second-order valence-electron chi connectivity index (χ2n) is 8.92. The van der Waals surface area contributed by atoms with Crippen molar-refractivity contribution in [3.8, 4) is 0 Å². The zero-order chi connectivity index (χ0) is 24.0. The number of nitrogens with one attached hydrogen (secondary N) is 1. The molecule has 1 N–H and O–H groups in total. The molecular formula is C25H24F3N7. The van der Waals surface area contributed by atoms with Gasteiger partial charge in [0, 0.05) is 51.4 Å². The molecule has 2 aromatic carbocycles. The number of aromatic nitrogens is 4. The molecular weight excluding hydrogens is 455 g/mol. The van der Waals surface area contributed by atoms with Crippen molar-refractivity contribution in [2.24, 2.45) is 0 Å². The van der Waals surface area contributed by atoms with Crippen LogP contribution in [0.1, 0.15) is 16.8 Å². The first-order valence-corrected chi connectivity index (χ1v) is 11.7. The van der Waals surface area contributed by atoms with Gasteiger partial charge in [0.2, 0.25) is 5.95 Å². The van der Waals surface area contributed by atoms with Gasteiger partial charge in [0.1, 0.15) is 5.82 Å². The molecule has 7 nitrogen and oxygen atoms in total. The average Bonchev–Trinajstić information content (AvgIpc) is 3.30. The van der Waals surface area contributed by atoms with Crippen molar-refractivity contribution >= 4 is 28.5 Å². The first kappa shape index (κ1) is 21.7. The molecule has 0 bridgehead atoms. The van der Waals surface area contributed by atoms with Crippen molar-refractivity contribution in [3.63, 3.8) is 0 Å². The number of piperazine rings is 1. The molecule has 0 radical (unpaired) electrons. The van der Waals surface area contributed by atoms with Gasteiger partial charge in [-0.15, -0.1) is 0 Å². The first-order valence-electron chi connectivity index (χ1n) is 11.7. The Morgan fingerprint density at radius 1 is 0.857 bits per heavy atom. The normalized spacial score (nSPS) is 16.3. The lowest BCUT2D eigenvalue weighted by Crippen LogP contribution is -2.47. The minimum Gasteiger partial charge on any atom is -0.368 e. The molecule has 180 valence electrons. The predicted molar refractivity (Wildman–Crippen MR) is 129 cm³/mol. The maximum atomic E-state index is 13.1. The third kappa shape index (κ3) is 4.13.